The van der Waals surface area contributed by atoms with Crippen LogP contribution in [0.15, 0.2) is 48.5 Å². The third kappa shape index (κ3) is 6.77. The molecule has 0 aliphatic heterocycles. The van der Waals surface area contributed by atoms with E-state index < -0.39 is 0 Å². The first-order valence-corrected chi connectivity index (χ1v) is 9.21. The average Bonchev–Trinajstić information content (AvgIpc) is 2.52. The van der Waals surface area contributed by atoms with Crippen molar-refractivity contribution in [3.05, 3.63) is 64.9 Å². The Kier molecular flexibility index (Phi) is 7.65. The average molecular weight is 369 g/mol. The van der Waals surface area contributed by atoms with Crippen LogP contribution in [-0.2, 0) is 5.75 Å². The molecule has 0 unspecified atom stereocenters. The maximum atomic E-state index is 13.1. The fourth-order valence-corrected chi connectivity index (χ4v) is 3.38. The second-order valence-corrected chi connectivity index (χ2v) is 6.81. The van der Waals surface area contributed by atoms with Gasteiger partial charge in [-0.3, -0.25) is 0 Å². The topological polar surface area (TPSA) is 24.1 Å². The summed E-state index contributed by atoms with van der Waals surface area (Å²) in [7, 11) is 0. The van der Waals surface area contributed by atoms with Crippen molar-refractivity contribution in [2.45, 2.75) is 12.2 Å². The number of nitrogens with one attached hydrogen (secondary N) is 2. The number of thioether (sulfide) groups is 1. The Morgan fingerprint density at radius 2 is 2.00 bits per heavy atom. The lowest BCUT2D eigenvalue weighted by Crippen LogP contribution is -2.29. The fourth-order valence-electron chi connectivity index (χ4n) is 1.92. The molecule has 0 spiro atoms. The van der Waals surface area contributed by atoms with Crippen molar-refractivity contribution in [2.24, 2.45) is 0 Å². The second-order valence-electron chi connectivity index (χ2n) is 4.89. The lowest BCUT2D eigenvalue weighted by atomic mass is 10.2. The summed E-state index contributed by atoms with van der Waals surface area (Å²) in [6, 6.07) is 14.1. The quantitative estimate of drug-likeness (QED) is 0.525. The molecule has 2 aromatic rings. The number of halogens is 2. The lowest BCUT2D eigenvalue weighted by molar-refractivity contribution is 0.628. The monoisotopic (exact) mass is 368 g/mol. The van der Waals surface area contributed by atoms with Gasteiger partial charge in [-0.1, -0.05) is 35.9 Å². The summed E-state index contributed by atoms with van der Waals surface area (Å²) in [6.45, 7) is 0.774. The van der Waals surface area contributed by atoms with E-state index in [0.717, 1.165) is 35.1 Å². The molecule has 0 heterocycles. The Hall–Kier alpha value is -1.30. The summed E-state index contributed by atoms with van der Waals surface area (Å²) in [4.78, 5) is 0. The van der Waals surface area contributed by atoms with Crippen LogP contribution in [0.1, 0.15) is 12.0 Å². The van der Waals surface area contributed by atoms with E-state index in [1.165, 1.54) is 12.1 Å². The molecule has 0 amide bonds. The first-order chi connectivity index (χ1) is 11.1. The molecule has 0 saturated carbocycles. The van der Waals surface area contributed by atoms with Gasteiger partial charge in [0.15, 0.2) is 5.11 Å². The van der Waals surface area contributed by atoms with E-state index in [2.05, 4.69) is 10.6 Å². The number of anilines is 1. The number of rotatable bonds is 7. The van der Waals surface area contributed by atoms with Gasteiger partial charge in [0, 0.05) is 23.0 Å². The van der Waals surface area contributed by atoms with Gasteiger partial charge < -0.3 is 10.6 Å². The molecule has 122 valence electrons. The molecule has 0 saturated heterocycles. The van der Waals surface area contributed by atoms with Crippen molar-refractivity contribution in [1.82, 2.24) is 5.32 Å². The first-order valence-electron chi connectivity index (χ1n) is 7.27. The van der Waals surface area contributed by atoms with E-state index in [9.17, 15) is 4.39 Å². The minimum atomic E-state index is -0.284. The van der Waals surface area contributed by atoms with Crippen molar-refractivity contribution in [2.75, 3.05) is 17.6 Å². The molecule has 0 aromatic heterocycles. The van der Waals surface area contributed by atoms with E-state index in [1.54, 1.807) is 12.1 Å². The first kappa shape index (κ1) is 18.0. The van der Waals surface area contributed by atoms with Gasteiger partial charge in [0.2, 0.25) is 0 Å². The largest absolute Gasteiger partial charge is 0.362 e. The van der Waals surface area contributed by atoms with Gasteiger partial charge in [-0.25, -0.2) is 4.39 Å². The van der Waals surface area contributed by atoms with Crippen LogP contribution in [-0.4, -0.2) is 17.4 Å². The molecule has 2 aromatic carbocycles. The zero-order valence-corrected chi connectivity index (χ0v) is 14.9. The van der Waals surface area contributed by atoms with Crippen molar-refractivity contribution in [3.8, 4) is 0 Å². The standard InChI is InChI=1S/C17H18ClFN2S2/c18-16-8-2-1-5-13(16)12-23-10-4-9-20-17(22)21-15-7-3-6-14(19)11-15/h1-3,5-8,11H,4,9-10,12H2,(H2,20,21,22). The molecular weight excluding hydrogens is 351 g/mol. The van der Waals surface area contributed by atoms with E-state index in [4.69, 9.17) is 23.8 Å². The zero-order valence-electron chi connectivity index (χ0n) is 12.5. The fraction of sp³-hybridized carbons (Fsp3) is 0.235. The third-order valence-corrected chi connectivity index (χ3v) is 4.76. The maximum Gasteiger partial charge on any atom is 0.170 e. The zero-order chi connectivity index (χ0) is 16.5. The molecule has 2 N–H and O–H groups in total. The Morgan fingerprint density at radius 1 is 1.17 bits per heavy atom. The van der Waals surface area contributed by atoms with Crippen LogP contribution in [0.5, 0.6) is 0 Å². The summed E-state index contributed by atoms with van der Waals surface area (Å²) < 4.78 is 13.1. The molecule has 0 aliphatic carbocycles. The predicted molar refractivity (Wildman–Crippen MR) is 103 cm³/mol. The van der Waals surface area contributed by atoms with E-state index in [-0.39, 0.29) is 5.82 Å². The molecule has 6 heteroatoms. The van der Waals surface area contributed by atoms with Crippen LogP contribution in [0.4, 0.5) is 10.1 Å². The highest BCUT2D eigenvalue weighted by molar-refractivity contribution is 7.98. The maximum absolute atomic E-state index is 13.1. The number of thiocarbonyl (C=S) groups is 1. The van der Waals surface area contributed by atoms with Gasteiger partial charge in [-0.2, -0.15) is 11.8 Å². The Balaban J connectivity index is 1.58. The van der Waals surface area contributed by atoms with Crippen LogP contribution in [0, 0.1) is 5.82 Å². The number of hydrogen-bond donors (Lipinski definition) is 2. The minimum Gasteiger partial charge on any atom is -0.362 e. The number of benzene rings is 2. The minimum absolute atomic E-state index is 0.284. The Morgan fingerprint density at radius 3 is 2.78 bits per heavy atom. The summed E-state index contributed by atoms with van der Waals surface area (Å²) in [5, 5.41) is 7.41. The normalized spacial score (nSPS) is 10.3. The highest BCUT2D eigenvalue weighted by Crippen LogP contribution is 2.20. The predicted octanol–water partition coefficient (Wildman–Crippen LogP) is 5.09. The molecule has 0 radical (unpaired) electrons. The van der Waals surface area contributed by atoms with Gasteiger partial charge in [0.1, 0.15) is 5.82 Å². The lowest BCUT2D eigenvalue weighted by Gasteiger charge is -2.10. The molecule has 0 bridgehead atoms. The van der Waals surface area contributed by atoms with Crippen LogP contribution < -0.4 is 10.6 Å². The van der Waals surface area contributed by atoms with Gasteiger partial charge in [-0.15, -0.1) is 0 Å². The van der Waals surface area contributed by atoms with Crippen molar-refractivity contribution < 1.29 is 4.39 Å². The van der Waals surface area contributed by atoms with E-state index >= 15 is 0 Å². The highest BCUT2D eigenvalue weighted by Gasteiger charge is 2.00. The molecule has 0 atom stereocenters. The smallest absolute Gasteiger partial charge is 0.170 e. The summed E-state index contributed by atoms with van der Waals surface area (Å²) >= 11 is 13.1. The van der Waals surface area contributed by atoms with Crippen molar-refractivity contribution >= 4 is 46.4 Å². The Bertz CT molecular complexity index is 652. The molecule has 0 aliphatic rings. The van der Waals surface area contributed by atoms with E-state index in [0.29, 0.717) is 10.8 Å². The summed E-state index contributed by atoms with van der Waals surface area (Å²) in [6.07, 6.45) is 0.986. The second kappa shape index (κ2) is 9.75. The molecule has 23 heavy (non-hydrogen) atoms. The SMILES string of the molecule is Fc1cccc(NC(=S)NCCCSCc2ccccc2Cl)c1. The van der Waals surface area contributed by atoms with Crippen LogP contribution in [0.2, 0.25) is 5.02 Å². The van der Waals surface area contributed by atoms with Crippen LogP contribution >= 0.6 is 35.6 Å². The van der Waals surface area contributed by atoms with E-state index in [1.807, 2.05) is 36.0 Å². The van der Waals surface area contributed by atoms with Gasteiger partial charge >= 0.3 is 0 Å². The summed E-state index contributed by atoms with van der Waals surface area (Å²) in [5.74, 6) is 1.64. The van der Waals surface area contributed by atoms with Crippen LogP contribution in [0.25, 0.3) is 0 Å². The van der Waals surface area contributed by atoms with Crippen molar-refractivity contribution in [1.29, 1.82) is 0 Å². The highest BCUT2D eigenvalue weighted by atomic mass is 35.5. The molecular formula is C17H18ClFN2S2. The molecule has 2 rings (SSSR count). The van der Waals surface area contributed by atoms with Gasteiger partial charge in [-0.05, 0) is 54.2 Å². The van der Waals surface area contributed by atoms with Gasteiger partial charge in [0.25, 0.3) is 0 Å². The summed E-state index contributed by atoms with van der Waals surface area (Å²) in [5.41, 5.74) is 1.81. The molecule has 2 nitrogen and oxygen atoms in total. The van der Waals surface area contributed by atoms with Crippen LogP contribution in [0.3, 0.4) is 0 Å². The van der Waals surface area contributed by atoms with Crippen molar-refractivity contribution in [3.63, 3.8) is 0 Å². The Labute approximate surface area is 150 Å². The molecule has 0 fully saturated rings. The number of hydrogen-bond acceptors (Lipinski definition) is 2. The van der Waals surface area contributed by atoms with Gasteiger partial charge in [0.05, 0.1) is 0 Å². The third-order valence-electron chi connectivity index (χ3n) is 3.05.